The molecule has 0 radical (unpaired) electrons. The number of benzene rings is 1. The summed E-state index contributed by atoms with van der Waals surface area (Å²) in [7, 11) is 0. The zero-order chi connectivity index (χ0) is 11.5. The normalized spacial score (nSPS) is 12.9. The molecule has 0 bridgehead atoms. The minimum absolute atomic E-state index is 0.201. The third-order valence-corrected chi connectivity index (χ3v) is 2.90. The molecule has 0 amide bonds. The van der Waals surface area contributed by atoms with Gasteiger partial charge < -0.3 is 10.4 Å². The van der Waals surface area contributed by atoms with Crippen molar-refractivity contribution in [2.75, 3.05) is 17.7 Å². The molecule has 1 aromatic carbocycles. The Hall–Kier alpha value is -0.970. The lowest BCUT2D eigenvalue weighted by Crippen LogP contribution is -2.20. The van der Waals surface area contributed by atoms with Gasteiger partial charge in [-0.2, -0.15) is 5.10 Å². The topological polar surface area (TPSA) is 60.9 Å². The molecule has 3 N–H and O–H groups in total. The maximum atomic E-state index is 9.31. The summed E-state index contributed by atoms with van der Waals surface area (Å²) in [6, 6.07) is 3.68. The number of hydrogen-bond acceptors (Lipinski definition) is 3. The number of alkyl halides is 1. The smallest absolute Gasteiger partial charge is 0.0847 e. The first-order valence-corrected chi connectivity index (χ1v) is 5.72. The second-order valence-corrected chi connectivity index (χ2v) is 4.19. The van der Waals surface area contributed by atoms with Gasteiger partial charge in [0, 0.05) is 17.6 Å². The van der Waals surface area contributed by atoms with Crippen molar-refractivity contribution >= 4 is 39.8 Å². The highest BCUT2D eigenvalue weighted by molar-refractivity contribution is 6.35. The van der Waals surface area contributed by atoms with E-state index in [1.165, 1.54) is 0 Å². The number of rotatable bonds is 4. The molecule has 0 saturated carbocycles. The van der Waals surface area contributed by atoms with Gasteiger partial charge in [0.2, 0.25) is 0 Å². The number of hydrogen-bond donors (Lipinski definition) is 3. The Morgan fingerprint density at radius 2 is 2.31 bits per heavy atom. The molecule has 0 fully saturated rings. The van der Waals surface area contributed by atoms with Gasteiger partial charge in [-0.3, -0.25) is 5.10 Å². The van der Waals surface area contributed by atoms with Crippen molar-refractivity contribution in [3.8, 4) is 0 Å². The molecule has 2 rings (SSSR count). The summed E-state index contributed by atoms with van der Waals surface area (Å²) in [5.41, 5.74) is 1.68. The summed E-state index contributed by atoms with van der Waals surface area (Å²) in [6.07, 6.45) is 1.10. The van der Waals surface area contributed by atoms with Gasteiger partial charge in [0.15, 0.2) is 0 Å². The number of aliphatic hydroxyl groups excluding tert-OH is 1. The van der Waals surface area contributed by atoms with Crippen LogP contribution in [-0.4, -0.2) is 33.8 Å². The fourth-order valence-corrected chi connectivity index (χ4v) is 1.78. The van der Waals surface area contributed by atoms with E-state index >= 15 is 0 Å². The number of fused-ring (bicyclic) bond motifs is 1. The largest absolute Gasteiger partial charge is 0.390 e. The Labute approximate surface area is 103 Å². The Morgan fingerprint density at radius 1 is 1.50 bits per heavy atom. The van der Waals surface area contributed by atoms with Gasteiger partial charge in [-0.05, 0) is 12.1 Å². The molecule has 0 aliphatic rings. The van der Waals surface area contributed by atoms with E-state index in [9.17, 15) is 5.11 Å². The summed E-state index contributed by atoms with van der Waals surface area (Å²) in [5, 5.41) is 20.6. The number of aliphatic hydroxyl groups is 1. The van der Waals surface area contributed by atoms with Crippen molar-refractivity contribution in [2.45, 2.75) is 6.10 Å². The van der Waals surface area contributed by atoms with Crippen LogP contribution in [0.25, 0.3) is 10.9 Å². The molecule has 0 spiro atoms. The second-order valence-electron chi connectivity index (χ2n) is 3.48. The molecular formula is C10H11Cl2N3O. The van der Waals surface area contributed by atoms with Gasteiger partial charge in [0.1, 0.15) is 0 Å². The van der Waals surface area contributed by atoms with E-state index in [1.54, 1.807) is 12.3 Å². The number of nitrogens with one attached hydrogen (secondary N) is 2. The molecule has 1 atom stereocenters. The van der Waals surface area contributed by atoms with Gasteiger partial charge in [-0.1, -0.05) is 11.6 Å². The van der Waals surface area contributed by atoms with E-state index in [0.29, 0.717) is 11.6 Å². The highest BCUT2D eigenvalue weighted by atomic mass is 35.5. The van der Waals surface area contributed by atoms with Crippen molar-refractivity contribution in [1.29, 1.82) is 0 Å². The lowest BCUT2D eigenvalue weighted by atomic mass is 10.2. The molecule has 0 saturated heterocycles. The van der Waals surface area contributed by atoms with Crippen molar-refractivity contribution in [2.24, 2.45) is 0 Å². The lowest BCUT2D eigenvalue weighted by molar-refractivity contribution is 0.211. The third kappa shape index (κ3) is 2.40. The Balaban J connectivity index is 2.18. The summed E-state index contributed by atoms with van der Waals surface area (Å²) in [4.78, 5) is 0. The van der Waals surface area contributed by atoms with Crippen LogP contribution in [0.1, 0.15) is 0 Å². The first-order valence-electron chi connectivity index (χ1n) is 4.81. The number of aromatic amines is 1. The number of halogens is 2. The van der Waals surface area contributed by atoms with Gasteiger partial charge in [0.25, 0.3) is 0 Å². The number of nitrogens with zero attached hydrogens (tertiary/aromatic N) is 1. The van der Waals surface area contributed by atoms with Gasteiger partial charge >= 0.3 is 0 Å². The average Bonchev–Trinajstić information content (AvgIpc) is 2.74. The van der Waals surface area contributed by atoms with Crippen molar-refractivity contribution in [1.82, 2.24) is 10.2 Å². The van der Waals surface area contributed by atoms with Crippen LogP contribution in [-0.2, 0) is 0 Å². The summed E-state index contributed by atoms with van der Waals surface area (Å²) < 4.78 is 0. The van der Waals surface area contributed by atoms with E-state index < -0.39 is 6.10 Å². The zero-order valence-electron chi connectivity index (χ0n) is 8.37. The first-order chi connectivity index (χ1) is 7.70. The van der Waals surface area contributed by atoms with Gasteiger partial charge in [-0.15, -0.1) is 11.6 Å². The summed E-state index contributed by atoms with van der Waals surface area (Å²) >= 11 is 11.6. The lowest BCUT2D eigenvalue weighted by Gasteiger charge is -2.10. The van der Waals surface area contributed by atoms with Gasteiger partial charge in [-0.25, -0.2) is 0 Å². The number of anilines is 1. The standard InChI is InChI=1S/C10H11Cl2N3O/c11-3-7(16)4-13-6-1-9(12)8-5-14-15-10(8)2-6/h1-2,5,7,13,16H,3-4H2,(H,14,15). The second kappa shape index (κ2) is 4.91. The molecule has 6 heteroatoms. The maximum Gasteiger partial charge on any atom is 0.0847 e. The van der Waals surface area contributed by atoms with Crippen LogP contribution in [0.5, 0.6) is 0 Å². The van der Waals surface area contributed by atoms with E-state index in [4.69, 9.17) is 23.2 Å². The minimum atomic E-state index is -0.571. The van der Waals surface area contributed by atoms with Crippen LogP contribution < -0.4 is 5.32 Å². The summed E-state index contributed by atoms with van der Waals surface area (Å²) in [6.45, 7) is 0.388. The van der Waals surface area contributed by atoms with Crippen LogP contribution >= 0.6 is 23.2 Å². The molecule has 2 aromatic rings. The SMILES string of the molecule is OC(CCl)CNc1cc(Cl)c2cn[nH]c2c1. The fourth-order valence-electron chi connectivity index (χ4n) is 1.40. The van der Waals surface area contributed by atoms with E-state index in [1.807, 2.05) is 6.07 Å². The van der Waals surface area contributed by atoms with Crippen LogP contribution in [0.15, 0.2) is 18.3 Å². The molecule has 0 aliphatic heterocycles. The molecule has 4 nitrogen and oxygen atoms in total. The van der Waals surface area contributed by atoms with E-state index in [-0.39, 0.29) is 5.88 Å². The maximum absolute atomic E-state index is 9.31. The molecule has 86 valence electrons. The third-order valence-electron chi connectivity index (χ3n) is 2.23. The first kappa shape index (κ1) is 11.5. The van der Waals surface area contributed by atoms with Crippen molar-refractivity contribution < 1.29 is 5.11 Å². The predicted octanol–water partition coefficient (Wildman–Crippen LogP) is 2.23. The summed E-state index contributed by atoms with van der Waals surface area (Å²) in [5.74, 6) is 0.201. The predicted molar refractivity (Wildman–Crippen MR) is 66.3 cm³/mol. The zero-order valence-corrected chi connectivity index (χ0v) is 9.89. The molecule has 0 aliphatic carbocycles. The minimum Gasteiger partial charge on any atom is -0.390 e. The molecular weight excluding hydrogens is 249 g/mol. The number of H-pyrrole nitrogens is 1. The van der Waals surface area contributed by atoms with Crippen LogP contribution in [0.3, 0.4) is 0 Å². The molecule has 1 unspecified atom stereocenters. The quantitative estimate of drug-likeness (QED) is 0.739. The van der Waals surface area contributed by atoms with Gasteiger partial charge in [0.05, 0.1) is 28.7 Å². The molecule has 16 heavy (non-hydrogen) atoms. The van der Waals surface area contributed by atoms with Crippen molar-refractivity contribution in [3.63, 3.8) is 0 Å². The Kier molecular flexibility index (Phi) is 3.53. The van der Waals surface area contributed by atoms with Crippen LogP contribution in [0.4, 0.5) is 5.69 Å². The fraction of sp³-hybridized carbons (Fsp3) is 0.300. The molecule has 1 heterocycles. The Bertz CT molecular complexity index is 486. The highest BCUT2D eigenvalue weighted by Gasteiger charge is 2.05. The average molecular weight is 260 g/mol. The van der Waals surface area contributed by atoms with Crippen molar-refractivity contribution in [3.05, 3.63) is 23.4 Å². The van der Waals surface area contributed by atoms with E-state index in [0.717, 1.165) is 16.6 Å². The molecule has 1 aromatic heterocycles. The monoisotopic (exact) mass is 259 g/mol. The van der Waals surface area contributed by atoms with Crippen LogP contribution in [0.2, 0.25) is 5.02 Å². The van der Waals surface area contributed by atoms with E-state index in [2.05, 4.69) is 15.5 Å². The number of aromatic nitrogens is 2. The highest BCUT2D eigenvalue weighted by Crippen LogP contribution is 2.26. The Morgan fingerprint density at radius 3 is 3.06 bits per heavy atom. The van der Waals surface area contributed by atoms with Crippen LogP contribution in [0, 0.1) is 0 Å².